The Morgan fingerprint density at radius 2 is 2.35 bits per heavy atom. The molecule has 0 fully saturated rings. The summed E-state index contributed by atoms with van der Waals surface area (Å²) in [7, 11) is 1.55. The molecular weight excluding hydrogens is 236 g/mol. The second-order valence-corrected chi connectivity index (χ2v) is 4.66. The minimum atomic E-state index is 0.167. The molecule has 0 radical (unpaired) electrons. The molecule has 0 atom stereocenters. The van der Waals surface area contributed by atoms with Gasteiger partial charge in [0, 0.05) is 17.5 Å². The van der Waals surface area contributed by atoms with Crippen LogP contribution in [0.4, 0.5) is 0 Å². The summed E-state index contributed by atoms with van der Waals surface area (Å²) in [6.07, 6.45) is 0. The smallest absolute Gasteiger partial charge is 0.168 e. The molecule has 0 unspecified atom stereocenters. The molecule has 1 N–H and O–H groups in total. The van der Waals surface area contributed by atoms with Crippen LogP contribution in [0.25, 0.3) is 5.70 Å². The maximum atomic E-state index is 9.78. The Balaban J connectivity index is 1.95. The first-order valence-electron chi connectivity index (χ1n) is 5.36. The number of nitrogens with zero attached hydrogens (tertiary/aromatic N) is 2. The van der Waals surface area contributed by atoms with Crippen LogP contribution in [0.2, 0.25) is 0 Å². The van der Waals surface area contributed by atoms with Crippen LogP contribution < -0.4 is 4.74 Å². The monoisotopic (exact) mass is 248 g/mol. The van der Waals surface area contributed by atoms with Crippen molar-refractivity contribution in [2.45, 2.75) is 0 Å². The number of hydrogen-bond acceptors (Lipinski definition) is 5. The Morgan fingerprint density at radius 1 is 1.47 bits per heavy atom. The average Bonchev–Trinajstić information content (AvgIpc) is 2.90. The molecule has 0 bridgehead atoms. The number of thioether (sulfide) groups is 1. The topological polar surface area (TPSA) is 45.1 Å². The minimum Gasteiger partial charge on any atom is -0.504 e. The van der Waals surface area contributed by atoms with E-state index in [0.717, 1.165) is 29.5 Å². The van der Waals surface area contributed by atoms with Gasteiger partial charge >= 0.3 is 0 Å². The number of benzene rings is 1. The lowest BCUT2D eigenvalue weighted by Gasteiger charge is -2.17. The van der Waals surface area contributed by atoms with Gasteiger partial charge in [-0.1, -0.05) is 11.8 Å². The predicted octanol–water partition coefficient (Wildman–Crippen LogP) is 2.12. The Hall–Kier alpha value is -1.62. The molecule has 1 aromatic rings. The summed E-state index contributed by atoms with van der Waals surface area (Å²) < 4.78 is 5.04. The fourth-order valence-electron chi connectivity index (χ4n) is 2.00. The van der Waals surface area contributed by atoms with E-state index in [1.165, 1.54) is 0 Å². The lowest BCUT2D eigenvalue weighted by Crippen LogP contribution is -2.19. The van der Waals surface area contributed by atoms with Gasteiger partial charge in [0.2, 0.25) is 0 Å². The first kappa shape index (κ1) is 10.5. The molecule has 3 rings (SSSR count). The van der Waals surface area contributed by atoms with Crippen LogP contribution in [0.1, 0.15) is 5.56 Å². The van der Waals surface area contributed by atoms with Crippen LogP contribution in [-0.2, 0) is 0 Å². The van der Waals surface area contributed by atoms with Gasteiger partial charge in [0.1, 0.15) is 0 Å². The molecule has 2 aliphatic heterocycles. The highest BCUT2D eigenvalue weighted by molar-refractivity contribution is 8.16. The number of hydrogen-bond donors (Lipinski definition) is 1. The number of phenolic OH excluding ortho intramolecular Hbond substituents is 1. The molecule has 2 aliphatic rings. The van der Waals surface area contributed by atoms with Gasteiger partial charge in [-0.25, -0.2) is 0 Å². The molecule has 17 heavy (non-hydrogen) atoms. The summed E-state index contributed by atoms with van der Waals surface area (Å²) in [4.78, 5) is 6.57. The second kappa shape index (κ2) is 4.00. The maximum absolute atomic E-state index is 9.78. The van der Waals surface area contributed by atoms with Crippen LogP contribution in [0.5, 0.6) is 11.5 Å². The Kier molecular flexibility index (Phi) is 2.48. The Bertz CT molecular complexity index is 525. The number of phenols is 1. The van der Waals surface area contributed by atoms with Gasteiger partial charge in [0.05, 0.1) is 19.4 Å². The molecule has 0 amide bonds. The molecule has 0 saturated heterocycles. The zero-order valence-corrected chi connectivity index (χ0v) is 10.2. The highest BCUT2D eigenvalue weighted by atomic mass is 32.2. The first-order chi connectivity index (χ1) is 8.29. The molecule has 88 valence electrons. The van der Waals surface area contributed by atoms with Crippen molar-refractivity contribution in [3.05, 3.63) is 29.2 Å². The van der Waals surface area contributed by atoms with E-state index < -0.39 is 0 Å². The van der Waals surface area contributed by atoms with Gasteiger partial charge < -0.3 is 14.7 Å². The third-order valence-corrected chi connectivity index (χ3v) is 3.74. The van der Waals surface area contributed by atoms with Gasteiger partial charge in [0.15, 0.2) is 16.7 Å². The van der Waals surface area contributed by atoms with Gasteiger partial charge in [-0.3, -0.25) is 4.99 Å². The van der Waals surface area contributed by atoms with Gasteiger partial charge in [0.25, 0.3) is 0 Å². The molecule has 0 spiro atoms. The largest absolute Gasteiger partial charge is 0.504 e. The van der Waals surface area contributed by atoms with Crippen molar-refractivity contribution in [3.63, 3.8) is 0 Å². The van der Waals surface area contributed by atoms with Crippen LogP contribution in [0, 0.1) is 0 Å². The zero-order chi connectivity index (χ0) is 11.8. The van der Waals surface area contributed by atoms with Gasteiger partial charge in [-0.15, -0.1) is 0 Å². The molecule has 0 saturated carbocycles. The van der Waals surface area contributed by atoms with Crippen LogP contribution in [0.3, 0.4) is 0 Å². The van der Waals surface area contributed by atoms with Crippen LogP contribution in [0.15, 0.2) is 28.6 Å². The number of aromatic hydroxyl groups is 1. The van der Waals surface area contributed by atoms with Crippen molar-refractivity contribution in [2.75, 3.05) is 20.2 Å². The molecule has 4 nitrogen and oxygen atoms in total. The fourth-order valence-corrected chi connectivity index (χ4v) is 2.96. The number of fused-ring (bicyclic) bond motifs is 1. The quantitative estimate of drug-likeness (QED) is 0.870. The predicted molar refractivity (Wildman–Crippen MR) is 69.2 cm³/mol. The first-order valence-corrected chi connectivity index (χ1v) is 6.24. The van der Waals surface area contributed by atoms with Gasteiger partial charge in [-0.05, 0) is 18.2 Å². The van der Waals surface area contributed by atoms with Crippen LogP contribution >= 0.6 is 11.8 Å². The SMILES string of the molecule is COc1ccc(C2=CSC3=NCCN23)cc1O. The van der Waals surface area contributed by atoms with E-state index >= 15 is 0 Å². The minimum absolute atomic E-state index is 0.167. The summed E-state index contributed by atoms with van der Waals surface area (Å²) in [5.74, 6) is 0.663. The molecule has 0 aliphatic carbocycles. The Labute approximate surface area is 104 Å². The van der Waals surface area contributed by atoms with E-state index in [1.807, 2.05) is 6.07 Å². The van der Waals surface area contributed by atoms with Gasteiger partial charge in [-0.2, -0.15) is 0 Å². The summed E-state index contributed by atoms with van der Waals surface area (Å²) in [5, 5.41) is 12.9. The summed E-state index contributed by atoms with van der Waals surface area (Å²) >= 11 is 1.63. The van der Waals surface area contributed by atoms with Crippen molar-refractivity contribution in [2.24, 2.45) is 4.99 Å². The van der Waals surface area contributed by atoms with E-state index in [0.29, 0.717) is 5.75 Å². The third-order valence-electron chi connectivity index (χ3n) is 2.84. The number of ether oxygens (including phenoxy) is 1. The fraction of sp³-hybridized carbons (Fsp3) is 0.250. The molecule has 5 heteroatoms. The third kappa shape index (κ3) is 1.67. The van der Waals surface area contributed by atoms with Crippen molar-refractivity contribution in [1.29, 1.82) is 0 Å². The van der Waals surface area contributed by atoms with Crippen molar-refractivity contribution in [3.8, 4) is 11.5 Å². The van der Waals surface area contributed by atoms with E-state index in [-0.39, 0.29) is 5.75 Å². The number of aliphatic imine (C=N–C) groups is 1. The normalized spacial score (nSPS) is 17.8. The van der Waals surface area contributed by atoms with Crippen LogP contribution in [-0.4, -0.2) is 35.4 Å². The number of rotatable bonds is 2. The highest BCUT2D eigenvalue weighted by Gasteiger charge is 2.27. The molecule has 1 aromatic carbocycles. The number of amidine groups is 1. The second-order valence-electron chi connectivity index (χ2n) is 3.82. The summed E-state index contributed by atoms with van der Waals surface area (Å²) in [6.45, 7) is 1.77. The lowest BCUT2D eigenvalue weighted by molar-refractivity contribution is 0.373. The van der Waals surface area contributed by atoms with Crippen molar-refractivity contribution < 1.29 is 9.84 Å². The lowest BCUT2D eigenvalue weighted by atomic mass is 10.1. The summed E-state index contributed by atoms with van der Waals surface area (Å²) in [5.41, 5.74) is 2.09. The Morgan fingerprint density at radius 3 is 3.12 bits per heavy atom. The average molecular weight is 248 g/mol. The van der Waals surface area contributed by atoms with E-state index in [4.69, 9.17) is 4.74 Å². The summed E-state index contributed by atoms with van der Waals surface area (Å²) in [6, 6.07) is 5.46. The number of methoxy groups -OCH3 is 1. The van der Waals surface area contributed by atoms with E-state index in [9.17, 15) is 5.11 Å². The van der Waals surface area contributed by atoms with E-state index in [1.54, 1.807) is 31.0 Å². The zero-order valence-electron chi connectivity index (χ0n) is 9.38. The highest BCUT2D eigenvalue weighted by Crippen LogP contribution is 2.37. The van der Waals surface area contributed by atoms with Crippen molar-refractivity contribution >= 4 is 22.6 Å². The molecular formula is C12H12N2O2S. The maximum Gasteiger partial charge on any atom is 0.168 e. The molecule has 0 aromatic heterocycles. The standard InChI is InChI=1S/C12H12N2O2S/c1-16-11-3-2-8(6-10(11)15)9-7-17-12-13-4-5-14(9)12/h2-3,6-7,15H,4-5H2,1H3. The molecule has 2 heterocycles. The van der Waals surface area contributed by atoms with Crippen molar-refractivity contribution in [1.82, 2.24) is 4.90 Å². The van der Waals surface area contributed by atoms with E-state index in [2.05, 4.69) is 15.3 Å².